The summed E-state index contributed by atoms with van der Waals surface area (Å²) >= 11 is 0. The third kappa shape index (κ3) is 3.90. The predicted octanol–water partition coefficient (Wildman–Crippen LogP) is 4.91. The fourth-order valence-electron chi connectivity index (χ4n) is 3.79. The van der Waals surface area contributed by atoms with E-state index < -0.39 is 7.37 Å². The Balaban J connectivity index is 1.90. The molecule has 0 unspecified atom stereocenters. The van der Waals surface area contributed by atoms with Gasteiger partial charge in [0.2, 0.25) is 11.8 Å². The van der Waals surface area contributed by atoms with Gasteiger partial charge in [-0.05, 0) is 56.9 Å². The molecule has 0 amide bonds. The molecule has 6 heteroatoms. The van der Waals surface area contributed by atoms with Crippen LogP contribution in [0.4, 0.5) is 5.88 Å². The summed E-state index contributed by atoms with van der Waals surface area (Å²) in [5, 5.41) is 0.643. The maximum Gasteiger partial charge on any atom is 0.284 e. The van der Waals surface area contributed by atoms with Gasteiger partial charge in [0, 0.05) is 24.0 Å². The number of nitrogens with zero attached hydrogens (tertiary/aromatic N) is 2. The van der Waals surface area contributed by atoms with Crippen molar-refractivity contribution >= 4 is 24.0 Å². The number of piperidine rings is 1. The summed E-state index contributed by atoms with van der Waals surface area (Å²) in [4.78, 5) is 6.96. The van der Waals surface area contributed by atoms with Gasteiger partial charge in [-0.3, -0.25) is 4.57 Å². The third-order valence-electron chi connectivity index (χ3n) is 5.30. The first-order valence-electron chi connectivity index (χ1n) is 10.3. The van der Waals surface area contributed by atoms with E-state index in [0.717, 1.165) is 37.1 Å². The zero-order valence-corrected chi connectivity index (χ0v) is 17.9. The van der Waals surface area contributed by atoms with Crippen molar-refractivity contribution in [1.82, 2.24) is 4.98 Å². The third-order valence-corrected chi connectivity index (χ3v) is 7.75. The van der Waals surface area contributed by atoms with Crippen LogP contribution in [0.25, 0.3) is 11.5 Å². The molecular weight excluding hydrogens is 383 g/mol. The van der Waals surface area contributed by atoms with Crippen LogP contribution in [-0.2, 0) is 9.09 Å². The number of aryl methyl sites for hydroxylation is 1. The molecule has 1 saturated heterocycles. The van der Waals surface area contributed by atoms with E-state index in [9.17, 15) is 4.57 Å². The molecule has 2 heterocycles. The quantitative estimate of drug-likeness (QED) is 0.541. The van der Waals surface area contributed by atoms with Crippen molar-refractivity contribution in [2.75, 3.05) is 24.6 Å². The second-order valence-electron chi connectivity index (χ2n) is 7.32. The standard InChI is InChI=1S/C23H27N2O3P/c1-3-27-29(26,19-13-6-4-7-14-19)22-23(25-16-10-5-11-17-25)28-21(24-22)20-15-9-8-12-18(20)2/h4,6-9,12-15H,3,5,10-11,16-17H2,1-2H3/t29-/m1/s1. The average Bonchev–Trinajstić information content (AvgIpc) is 3.21. The van der Waals surface area contributed by atoms with Gasteiger partial charge in [0.1, 0.15) is 0 Å². The monoisotopic (exact) mass is 410 g/mol. The fourth-order valence-corrected chi connectivity index (χ4v) is 5.90. The van der Waals surface area contributed by atoms with E-state index in [2.05, 4.69) is 4.90 Å². The van der Waals surface area contributed by atoms with Crippen LogP contribution in [-0.4, -0.2) is 24.7 Å². The number of oxazole rings is 1. The molecular formula is C23H27N2O3P. The minimum Gasteiger partial charge on any atom is -0.420 e. The van der Waals surface area contributed by atoms with E-state index in [1.807, 2.05) is 68.4 Å². The van der Waals surface area contributed by atoms with E-state index >= 15 is 0 Å². The predicted molar refractivity (Wildman–Crippen MR) is 118 cm³/mol. The lowest BCUT2D eigenvalue weighted by atomic mass is 10.1. The van der Waals surface area contributed by atoms with Crippen LogP contribution >= 0.6 is 7.37 Å². The van der Waals surface area contributed by atoms with Crippen molar-refractivity contribution in [3.63, 3.8) is 0 Å². The zero-order valence-electron chi connectivity index (χ0n) is 17.0. The number of hydrogen-bond donors (Lipinski definition) is 0. The normalized spacial score (nSPS) is 16.6. The molecule has 1 aliphatic rings. The molecule has 1 fully saturated rings. The Hall–Kier alpha value is -2.36. The molecule has 5 nitrogen and oxygen atoms in total. The first kappa shape index (κ1) is 19.9. The van der Waals surface area contributed by atoms with Crippen LogP contribution in [0.15, 0.2) is 59.0 Å². The molecule has 0 aliphatic carbocycles. The van der Waals surface area contributed by atoms with Crippen molar-refractivity contribution in [2.45, 2.75) is 33.1 Å². The second kappa shape index (κ2) is 8.56. The van der Waals surface area contributed by atoms with Crippen LogP contribution in [0.3, 0.4) is 0 Å². The van der Waals surface area contributed by atoms with Gasteiger partial charge in [-0.25, -0.2) is 4.98 Å². The van der Waals surface area contributed by atoms with Crippen molar-refractivity contribution in [2.24, 2.45) is 0 Å². The number of aromatic nitrogens is 1. The molecule has 0 bridgehead atoms. The van der Waals surface area contributed by atoms with Crippen LogP contribution in [0.2, 0.25) is 0 Å². The lowest BCUT2D eigenvalue weighted by Crippen LogP contribution is -2.34. The number of benzene rings is 2. The summed E-state index contributed by atoms with van der Waals surface area (Å²) in [6, 6.07) is 17.3. The molecule has 0 spiro atoms. The van der Waals surface area contributed by atoms with Crippen molar-refractivity contribution < 1.29 is 13.5 Å². The van der Waals surface area contributed by atoms with Gasteiger partial charge >= 0.3 is 0 Å². The van der Waals surface area contributed by atoms with Crippen molar-refractivity contribution in [3.8, 4) is 11.5 Å². The van der Waals surface area contributed by atoms with Crippen LogP contribution < -0.4 is 15.6 Å². The van der Waals surface area contributed by atoms with E-state index in [1.165, 1.54) is 6.42 Å². The Morgan fingerprint density at radius 1 is 1.03 bits per heavy atom. The molecule has 3 aromatic rings. The van der Waals surface area contributed by atoms with Crippen molar-refractivity contribution in [3.05, 3.63) is 60.2 Å². The lowest BCUT2D eigenvalue weighted by molar-refractivity contribution is 0.347. The molecule has 2 aromatic carbocycles. The lowest BCUT2D eigenvalue weighted by Gasteiger charge is -2.28. The summed E-state index contributed by atoms with van der Waals surface area (Å²) in [6.45, 7) is 5.96. The average molecular weight is 410 g/mol. The van der Waals surface area contributed by atoms with E-state index in [0.29, 0.717) is 29.1 Å². The summed E-state index contributed by atoms with van der Waals surface area (Å²) in [5.41, 5.74) is 2.40. The SMILES string of the molecule is CCO[P@](=O)(c1ccccc1)c1nc(-c2ccccc2C)oc1N1CCCCC1. The highest BCUT2D eigenvalue weighted by Gasteiger charge is 2.38. The summed E-state index contributed by atoms with van der Waals surface area (Å²) in [6.07, 6.45) is 3.38. The van der Waals surface area contributed by atoms with Crippen molar-refractivity contribution in [1.29, 1.82) is 0 Å². The summed E-state index contributed by atoms with van der Waals surface area (Å²) in [5.74, 6) is 1.08. The first-order valence-corrected chi connectivity index (χ1v) is 11.9. The number of anilines is 1. The highest BCUT2D eigenvalue weighted by Crippen LogP contribution is 2.48. The topological polar surface area (TPSA) is 55.6 Å². The van der Waals surface area contributed by atoms with Gasteiger partial charge in [0.05, 0.1) is 6.61 Å². The first-order chi connectivity index (χ1) is 14.1. The summed E-state index contributed by atoms with van der Waals surface area (Å²) in [7, 11) is -3.39. The Kier molecular flexibility index (Phi) is 5.89. The molecule has 1 aromatic heterocycles. The molecule has 0 N–H and O–H groups in total. The minimum atomic E-state index is -3.39. The van der Waals surface area contributed by atoms with Gasteiger partial charge in [0.25, 0.3) is 7.37 Å². The molecule has 1 atom stereocenters. The van der Waals surface area contributed by atoms with Gasteiger partial charge in [-0.1, -0.05) is 36.4 Å². The largest absolute Gasteiger partial charge is 0.420 e. The number of rotatable bonds is 6. The minimum absolute atomic E-state index is 0.332. The highest BCUT2D eigenvalue weighted by molar-refractivity contribution is 7.74. The van der Waals surface area contributed by atoms with E-state index in [1.54, 1.807) is 0 Å². The fraction of sp³-hybridized carbons (Fsp3) is 0.348. The van der Waals surface area contributed by atoms with Crippen LogP contribution in [0.1, 0.15) is 31.7 Å². The molecule has 4 rings (SSSR count). The van der Waals surface area contributed by atoms with Crippen LogP contribution in [0, 0.1) is 6.92 Å². The van der Waals surface area contributed by atoms with Crippen LogP contribution in [0.5, 0.6) is 0 Å². The van der Waals surface area contributed by atoms with E-state index in [4.69, 9.17) is 13.9 Å². The Labute approximate surface area is 172 Å². The molecule has 0 radical (unpaired) electrons. The highest BCUT2D eigenvalue weighted by atomic mass is 31.2. The second-order valence-corrected chi connectivity index (χ2v) is 9.62. The molecule has 0 saturated carbocycles. The van der Waals surface area contributed by atoms with Gasteiger partial charge in [-0.2, -0.15) is 0 Å². The number of hydrogen-bond acceptors (Lipinski definition) is 5. The smallest absolute Gasteiger partial charge is 0.284 e. The maximum atomic E-state index is 14.2. The summed E-state index contributed by atoms with van der Waals surface area (Å²) < 4.78 is 26.5. The molecule has 152 valence electrons. The van der Waals surface area contributed by atoms with Gasteiger partial charge in [-0.15, -0.1) is 0 Å². The van der Waals surface area contributed by atoms with E-state index in [-0.39, 0.29) is 0 Å². The van der Waals surface area contributed by atoms with Gasteiger partial charge < -0.3 is 13.8 Å². The molecule has 29 heavy (non-hydrogen) atoms. The Morgan fingerprint density at radius 3 is 2.41 bits per heavy atom. The Bertz CT molecular complexity index is 1010. The Morgan fingerprint density at radius 2 is 1.72 bits per heavy atom. The maximum absolute atomic E-state index is 14.2. The van der Waals surface area contributed by atoms with Gasteiger partial charge in [0.15, 0.2) is 5.44 Å². The molecule has 1 aliphatic heterocycles. The zero-order chi connectivity index (χ0) is 20.3.